The van der Waals surface area contributed by atoms with Crippen LogP contribution in [0, 0.1) is 11.8 Å². The average molecular weight is 471 g/mol. The van der Waals surface area contributed by atoms with E-state index in [0.29, 0.717) is 31.2 Å². The number of hydrogen-bond acceptors (Lipinski definition) is 6. The highest BCUT2D eigenvalue weighted by Gasteiger charge is 2.29. The second-order valence-corrected chi connectivity index (χ2v) is 10.0. The molecule has 0 radical (unpaired) electrons. The number of aromatic nitrogens is 1. The number of nitrogens with zero attached hydrogens (tertiary/aromatic N) is 3. The third kappa shape index (κ3) is 7.01. The number of anilines is 1. The van der Waals surface area contributed by atoms with Gasteiger partial charge in [0.1, 0.15) is 5.75 Å². The molecule has 1 aromatic heterocycles. The molecule has 178 valence electrons. The number of piperidine rings is 2. The number of benzene rings is 1. The van der Waals surface area contributed by atoms with E-state index in [2.05, 4.69) is 22.1 Å². The maximum atomic E-state index is 12.9. The summed E-state index contributed by atoms with van der Waals surface area (Å²) in [6.07, 6.45) is 4.42. The zero-order valence-corrected chi connectivity index (χ0v) is 20.2. The summed E-state index contributed by atoms with van der Waals surface area (Å²) in [4.78, 5) is 34.3. The van der Waals surface area contributed by atoms with Gasteiger partial charge in [0.05, 0.1) is 24.6 Å². The molecule has 8 heteroatoms. The lowest BCUT2D eigenvalue weighted by atomic mass is 9.97. The van der Waals surface area contributed by atoms with E-state index >= 15 is 0 Å². The molecule has 2 amide bonds. The van der Waals surface area contributed by atoms with Gasteiger partial charge in [0.2, 0.25) is 11.8 Å². The molecule has 4 rings (SSSR count). The van der Waals surface area contributed by atoms with Gasteiger partial charge in [-0.15, -0.1) is 11.3 Å². The Hall–Kier alpha value is -2.45. The van der Waals surface area contributed by atoms with Gasteiger partial charge in [-0.1, -0.05) is 25.1 Å². The molecule has 0 spiro atoms. The van der Waals surface area contributed by atoms with Gasteiger partial charge >= 0.3 is 0 Å². The van der Waals surface area contributed by atoms with Crippen molar-refractivity contribution in [3.63, 3.8) is 0 Å². The Morgan fingerprint density at radius 1 is 1.15 bits per heavy atom. The van der Waals surface area contributed by atoms with Gasteiger partial charge < -0.3 is 15.0 Å². The van der Waals surface area contributed by atoms with Crippen LogP contribution < -0.4 is 10.1 Å². The number of rotatable bonds is 8. The molecule has 0 saturated carbocycles. The molecule has 1 aromatic carbocycles. The summed E-state index contributed by atoms with van der Waals surface area (Å²) in [5.74, 6) is 1.37. The van der Waals surface area contributed by atoms with E-state index in [9.17, 15) is 9.59 Å². The van der Waals surface area contributed by atoms with Gasteiger partial charge in [0.25, 0.3) is 0 Å². The molecular weight excluding hydrogens is 436 g/mol. The molecule has 2 aliphatic rings. The molecular formula is C25H34N4O3S. The minimum absolute atomic E-state index is 0.0378. The predicted octanol–water partition coefficient (Wildman–Crippen LogP) is 4.02. The minimum Gasteiger partial charge on any atom is -0.493 e. The summed E-state index contributed by atoms with van der Waals surface area (Å²) in [5, 5.41) is 5.68. The van der Waals surface area contributed by atoms with Gasteiger partial charge in [-0.2, -0.15) is 0 Å². The molecule has 2 saturated heterocycles. The Balaban J connectivity index is 1.21. The predicted molar refractivity (Wildman–Crippen MR) is 130 cm³/mol. The van der Waals surface area contributed by atoms with Crippen molar-refractivity contribution < 1.29 is 14.3 Å². The van der Waals surface area contributed by atoms with Gasteiger partial charge in [0, 0.05) is 25.0 Å². The number of carbonyl (C=O) groups excluding carboxylic acids is 2. The van der Waals surface area contributed by atoms with Crippen LogP contribution in [0.15, 0.2) is 35.7 Å². The number of carbonyl (C=O) groups is 2. The van der Waals surface area contributed by atoms with Crippen molar-refractivity contribution in [2.45, 2.75) is 45.6 Å². The van der Waals surface area contributed by atoms with E-state index < -0.39 is 0 Å². The first kappa shape index (κ1) is 23.7. The quantitative estimate of drug-likeness (QED) is 0.631. The minimum atomic E-state index is -0.200. The van der Waals surface area contributed by atoms with Crippen LogP contribution in [0.5, 0.6) is 5.75 Å². The van der Waals surface area contributed by atoms with Crippen LogP contribution in [0.4, 0.5) is 5.13 Å². The van der Waals surface area contributed by atoms with Crippen molar-refractivity contribution in [2.75, 3.05) is 38.1 Å². The standard InChI is InChI=1S/C25H34N4O3S/c1-19-9-13-28(14-10-19)17-21-18-33-25(26-21)27-24(31)20-6-5-12-29(16-20)23(30)11-15-32-22-7-3-2-4-8-22/h2-4,7-8,18-20H,5-6,9-17H2,1H3,(H,26,27,31). The molecule has 7 nitrogen and oxygen atoms in total. The first-order chi connectivity index (χ1) is 16.1. The van der Waals surface area contributed by atoms with Gasteiger partial charge in [0.15, 0.2) is 5.13 Å². The Bertz CT molecular complexity index is 911. The smallest absolute Gasteiger partial charge is 0.231 e. The average Bonchev–Trinajstić information content (AvgIpc) is 3.28. The van der Waals surface area contributed by atoms with Gasteiger partial charge in [-0.3, -0.25) is 14.5 Å². The van der Waals surface area contributed by atoms with E-state index in [-0.39, 0.29) is 17.7 Å². The Labute approximate surface area is 200 Å². The van der Waals surface area contributed by atoms with Gasteiger partial charge in [-0.25, -0.2) is 4.98 Å². The third-order valence-electron chi connectivity index (χ3n) is 6.52. The van der Waals surface area contributed by atoms with Crippen molar-refractivity contribution in [3.05, 3.63) is 41.4 Å². The largest absolute Gasteiger partial charge is 0.493 e. The van der Waals surface area contributed by atoms with Crippen LogP contribution in [-0.4, -0.2) is 59.4 Å². The normalized spacial score (nSPS) is 19.9. The summed E-state index contributed by atoms with van der Waals surface area (Å²) < 4.78 is 5.65. The third-order valence-corrected chi connectivity index (χ3v) is 7.32. The summed E-state index contributed by atoms with van der Waals surface area (Å²) in [5.41, 5.74) is 1.02. The highest BCUT2D eigenvalue weighted by molar-refractivity contribution is 7.13. The Morgan fingerprint density at radius 3 is 2.73 bits per heavy atom. The van der Waals surface area contributed by atoms with E-state index in [0.717, 1.165) is 49.8 Å². The van der Waals surface area contributed by atoms with Crippen LogP contribution in [-0.2, 0) is 16.1 Å². The summed E-state index contributed by atoms with van der Waals surface area (Å²) in [7, 11) is 0. The SMILES string of the molecule is CC1CCN(Cc2csc(NC(=O)C3CCCN(C(=O)CCOc4ccccc4)C3)n2)CC1. The van der Waals surface area contributed by atoms with Crippen molar-refractivity contribution >= 4 is 28.3 Å². The number of ether oxygens (including phenoxy) is 1. The first-order valence-electron chi connectivity index (χ1n) is 12.0. The zero-order valence-electron chi connectivity index (χ0n) is 19.4. The molecule has 3 heterocycles. The second-order valence-electron chi connectivity index (χ2n) is 9.18. The number of para-hydroxylation sites is 1. The van der Waals surface area contributed by atoms with Crippen molar-refractivity contribution in [2.24, 2.45) is 11.8 Å². The van der Waals surface area contributed by atoms with Crippen LogP contribution >= 0.6 is 11.3 Å². The van der Waals surface area contributed by atoms with Gasteiger partial charge in [-0.05, 0) is 56.8 Å². The van der Waals surface area contributed by atoms with Crippen molar-refractivity contribution in [1.29, 1.82) is 0 Å². The molecule has 0 aliphatic carbocycles. The number of amides is 2. The number of nitrogens with one attached hydrogen (secondary N) is 1. The van der Waals surface area contributed by atoms with E-state index in [1.807, 2.05) is 35.7 Å². The first-order valence-corrected chi connectivity index (χ1v) is 12.9. The van der Waals surface area contributed by atoms with Crippen molar-refractivity contribution in [1.82, 2.24) is 14.8 Å². The fraction of sp³-hybridized carbons (Fsp3) is 0.560. The van der Waals surface area contributed by atoms with Crippen LogP contribution in [0.25, 0.3) is 0 Å². The summed E-state index contributed by atoms with van der Waals surface area (Å²) in [6, 6.07) is 9.50. The molecule has 2 fully saturated rings. The van der Waals surface area contributed by atoms with Crippen LogP contribution in [0.2, 0.25) is 0 Å². The summed E-state index contributed by atoms with van der Waals surface area (Å²) in [6.45, 7) is 6.88. The summed E-state index contributed by atoms with van der Waals surface area (Å²) >= 11 is 1.48. The Kier molecular flexibility index (Phi) is 8.34. The molecule has 2 aromatic rings. The molecule has 1 atom stereocenters. The molecule has 33 heavy (non-hydrogen) atoms. The number of thiazole rings is 1. The lowest BCUT2D eigenvalue weighted by molar-refractivity contribution is -0.135. The zero-order chi connectivity index (χ0) is 23.0. The maximum Gasteiger partial charge on any atom is 0.231 e. The highest BCUT2D eigenvalue weighted by atomic mass is 32.1. The molecule has 1 unspecified atom stereocenters. The lowest BCUT2D eigenvalue weighted by Gasteiger charge is -2.32. The highest BCUT2D eigenvalue weighted by Crippen LogP contribution is 2.23. The monoisotopic (exact) mass is 470 g/mol. The van der Waals surface area contributed by atoms with Crippen LogP contribution in [0.1, 0.15) is 44.7 Å². The van der Waals surface area contributed by atoms with E-state index in [4.69, 9.17) is 4.74 Å². The fourth-order valence-electron chi connectivity index (χ4n) is 4.44. The number of likely N-dealkylation sites (tertiary alicyclic amines) is 2. The Morgan fingerprint density at radius 2 is 1.94 bits per heavy atom. The van der Waals surface area contributed by atoms with E-state index in [1.165, 1.54) is 24.2 Å². The maximum absolute atomic E-state index is 12.9. The lowest BCUT2D eigenvalue weighted by Crippen LogP contribution is -2.44. The second kappa shape index (κ2) is 11.6. The van der Waals surface area contributed by atoms with Crippen molar-refractivity contribution in [3.8, 4) is 5.75 Å². The molecule has 2 aliphatic heterocycles. The molecule has 1 N–H and O–H groups in total. The fourth-order valence-corrected chi connectivity index (χ4v) is 5.15. The molecule has 0 bridgehead atoms. The van der Waals surface area contributed by atoms with Crippen LogP contribution in [0.3, 0.4) is 0 Å². The number of hydrogen-bond donors (Lipinski definition) is 1. The topological polar surface area (TPSA) is 74.8 Å². The van der Waals surface area contributed by atoms with E-state index in [1.54, 1.807) is 4.90 Å².